The maximum absolute atomic E-state index is 10.9. The number of carbonyl (C=O) groups is 1. The van der Waals surface area contributed by atoms with Gasteiger partial charge < -0.3 is 24.8 Å². The average molecular weight is 301 g/mol. The second-order valence-electron chi connectivity index (χ2n) is 3.90. The molecule has 5 atom stereocenters. The van der Waals surface area contributed by atoms with Crippen LogP contribution in [0.4, 0.5) is 0 Å². The van der Waals surface area contributed by atoms with E-state index in [0.717, 1.165) is 6.92 Å². The highest BCUT2D eigenvalue weighted by molar-refractivity contribution is 7.84. The molecule has 1 fully saturated rings. The third-order valence-electron chi connectivity index (χ3n) is 2.36. The third-order valence-corrected chi connectivity index (χ3v) is 2.82. The van der Waals surface area contributed by atoms with Crippen molar-refractivity contribution in [2.45, 2.75) is 37.6 Å². The van der Waals surface area contributed by atoms with E-state index in [1.165, 1.54) is 0 Å². The van der Waals surface area contributed by atoms with Crippen molar-refractivity contribution in [1.29, 1.82) is 0 Å². The lowest BCUT2D eigenvalue weighted by Gasteiger charge is -2.39. The quantitative estimate of drug-likeness (QED) is 0.387. The predicted molar refractivity (Wildman–Crippen MR) is 57.5 cm³/mol. The van der Waals surface area contributed by atoms with Gasteiger partial charge in [-0.25, -0.2) is 5.14 Å². The van der Waals surface area contributed by atoms with Crippen molar-refractivity contribution in [1.82, 2.24) is 0 Å². The second-order valence-corrected chi connectivity index (χ2v) is 5.12. The summed E-state index contributed by atoms with van der Waals surface area (Å²) in [5.74, 6) is -0.795. The van der Waals surface area contributed by atoms with Gasteiger partial charge in [-0.2, -0.15) is 8.42 Å². The van der Waals surface area contributed by atoms with Gasteiger partial charge in [0.05, 0.1) is 6.61 Å². The van der Waals surface area contributed by atoms with Crippen LogP contribution in [0.15, 0.2) is 0 Å². The molecule has 0 spiro atoms. The lowest BCUT2D eigenvalue weighted by Crippen LogP contribution is -2.60. The number of aliphatic hydroxyl groups excluding tert-OH is 3. The highest BCUT2D eigenvalue weighted by Gasteiger charge is 2.46. The van der Waals surface area contributed by atoms with E-state index in [9.17, 15) is 28.5 Å². The minimum absolute atomic E-state index is 0.697. The number of carbonyl (C=O) groups excluding carboxylic acids is 1. The number of rotatable bonds is 4. The SMILES string of the molecule is CC(=O)O[C@@H]1[C@H](O)[C@@H](O)[C@@H](O)O[C@@H]1COS(N)(=O)=O. The summed E-state index contributed by atoms with van der Waals surface area (Å²) in [6.07, 6.45) is -7.87. The van der Waals surface area contributed by atoms with Gasteiger partial charge in [0.2, 0.25) is 0 Å². The molecule has 19 heavy (non-hydrogen) atoms. The van der Waals surface area contributed by atoms with E-state index in [-0.39, 0.29) is 0 Å². The second kappa shape index (κ2) is 6.09. The third kappa shape index (κ3) is 4.65. The largest absolute Gasteiger partial charge is 0.457 e. The van der Waals surface area contributed by atoms with Crippen molar-refractivity contribution in [3.8, 4) is 0 Å². The molecule has 0 aromatic rings. The number of hydrogen-bond acceptors (Lipinski definition) is 9. The fourth-order valence-electron chi connectivity index (χ4n) is 1.55. The molecule has 0 aromatic carbocycles. The van der Waals surface area contributed by atoms with Crippen molar-refractivity contribution in [3.05, 3.63) is 0 Å². The van der Waals surface area contributed by atoms with E-state index in [2.05, 4.69) is 9.32 Å². The van der Waals surface area contributed by atoms with Crippen molar-refractivity contribution in [2.75, 3.05) is 6.61 Å². The number of hydrogen-bond donors (Lipinski definition) is 4. The molecule has 0 radical (unpaired) electrons. The number of ether oxygens (including phenoxy) is 2. The van der Waals surface area contributed by atoms with Gasteiger partial charge in [-0.3, -0.25) is 8.98 Å². The van der Waals surface area contributed by atoms with E-state index in [4.69, 9.17) is 9.47 Å². The summed E-state index contributed by atoms with van der Waals surface area (Å²) in [6, 6.07) is 0. The summed E-state index contributed by atoms with van der Waals surface area (Å²) in [7, 11) is -4.27. The Labute approximate surface area is 108 Å². The van der Waals surface area contributed by atoms with Crippen molar-refractivity contribution in [2.24, 2.45) is 5.14 Å². The monoisotopic (exact) mass is 301 g/mol. The van der Waals surface area contributed by atoms with Crippen LogP contribution in [0.2, 0.25) is 0 Å². The van der Waals surface area contributed by atoms with Crippen LogP contribution in [0.3, 0.4) is 0 Å². The molecule has 1 aliphatic heterocycles. The highest BCUT2D eigenvalue weighted by Crippen LogP contribution is 2.23. The summed E-state index contributed by atoms with van der Waals surface area (Å²) in [6.45, 7) is 0.347. The molecule has 11 heteroatoms. The first-order valence-electron chi connectivity index (χ1n) is 5.16. The zero-order valence-corrected chi connectivity index (χ0v) is 10.7. The molecule has 1 saturated heterocycles. The zero-order valence-electron chi connectivity index (χ0n) is 9.87. The Hall–Kier alpha value is -0.820. The maximum atomic E-state index is 10.9. The van der Waals surface area contributed by atoms with Crippen molar-refractivity contribution >= 4 is 16.3 Å². The molecule has 1 rings (SSSR count). The topological polar surface area (TPSA) is 166 Å². The average Bonchev–Trinajstić information content (AvgIpc) is 2.26. The molecule has 0 amide bonds. The first kappa shape index (κ1) is 16.2. The molecule has 0 saturated carbocycles. The fraction of sp³-hybridized carbons (Fsp3) is 0.875. The van der Waals surface area contributed by atoms with Gasteiger partial charge in [-0.05, 0) is 0 Å². The van der Waals surface area contributed by atoms with Crippen LogP contribution in [-0.2, 0) is 28.8 Å². The van der Waals surface area contributed by atoms with Crippen LogP contribution in [0, 0.1) is 0 Å². The zero-order chi connectivity index (χ0) is 14.8. The van der Waals surface area contributed by atoms with Gasteiger partial charge in [-0.15, -0.1) is 0 Å². The molecule has 5 N–H and O–H groups in total. The Balaban J connectivity index is 2.80. The smallest absolute Gasteiger partial charge is 0.333 e. The number of esters is 1. The minimum atomic E-state index is -4.27. The normalized spacial score (nSPS) is 35.9. The van der Waals surface area contributed by atoms with Crippen molar-refractivity contribution in [3.63, 3.8) is 0 Å². The molecule has 0 aromatic heterocycles. The molecule has 1 aliphatic rings. The molecule has 0 unspecified atom stereocenters. The molecule has 0 aliphatic carbocycles. The van der Waals surface area contributed by atoms with Crippen LogP contribution in [0.25, 0.3) is 0 Å². The summed E-state index contributed by atoms with van der Waals surface area (Å²) < 4.78 is 35.0. The Morgan fingerprint density at radius 2 is 1.89 bits per heavy atom. The molecular formula is C8H15NO9S. The van der Waals surface area contributed by atoms with Crippen LogP contribution >= 0.6 is 0 Å². The molecule has 112 valence electrons. The summed E-state index contributed by atoms with van der Waals surface area (Å²) in [5, 5.41) is 32.9. The molecule has 0 bridgehead atoms. The summed E-state index contributed by atoms with van der Waals surface area (Å²) in [4.78, 5) is 10.9. The first-order chi connectivity index (χ1) is 8.61. The Morgan fingerprint density at radius 3 is 2.37 bits per heavy atom. The standard InChI is InChI=1S/C8H15NO9S/c1-3(10)17-7-4(2-16-19(9,14)15)18-8(13)6(12)5(7)11/h4-8,11-13H,2H2,1H3,(H2,9,14,15)/t4-,5-,6-,7+,8+/m1/s1. The molecular weight excluding hydrogens is 286 g/mol. The van der Waals surface area contributed by atoms with E-state index >= 15 is 0 Å². The predicted octanol–water partition coefficient (Wildman–Crippen LogP) is -3.42. The van der Waals surface area contributed by atoms with E-state index in [1.807, 2.05) is 0 Å². The lowest BCUT2D eigenvalue weighted by atomic mass is 9.99. The van der Waals surface area contributed by atoms with Gasteiger partial charge in [0, 0.05) is 6.92 Å². The maximum Gasteiger partial charge on any atom is 0.333 e. The van der Waals surface area contributed by atoms with Gasteiger partial charge >= 0.3 is 16.3 Å². The lowest BCUT2D eigenvalue weighted by molar-refractivity contribution is -0.288. The number of nitrogens with two attached hydrogens (primary N) is 1. The Morgan fingerprint density at radius 1 is 1.32 bits per heavy atom. The Bertz CT molecular complexity index is 424. The van der Waals surface area contributed by atoms with E-state index < -0.39 is 53.6 Å². The Kier molecular flexibility index (Phi) is 5.20. The fourth-order valence-corrected chi connectivity index (χ4v) is 1.88. The van der Waals surface area contributed by atoms with Crippen LogP contribution in [0.5, 0.6) is 0 Å². The summed E-state index contributed by atoms with van der Waals surface area (Å²) in [5.41, 5.74) is 0. The number of aliphatic hydroxyl groups is 3. The van der Waals surface area contributed by atoms with Crippen LogP contribution < -0.4 is 5.14 Å². The van der Waals surface area contributed by atoms with Crippen molar-refractivity contribution < 1.29 is 42.2 Å². The van der Waals surface area contributed by atoms with E-state index in [1.54, 1.807) is 0 Å². The summed E-state index contributed by atoms with van der Waals surface area (Å²) >= 11 is 0. The van der Waals surface area contributed by atoms with Gasteiger partial charge in [-0.1, -0.05) is 0 Å². The van der Waals surface area contributed by atoms with Gasteiger partial charge in [0.25, 0.3) is 0 Å². The molecule has 10 nitrogen and oxygen atoms in total. The highest BCUT2D eigenvalue weighted by atomic mass is 32.2. The first-order valence-corrected chi connectivity index (χ1v) is 6.63. The van der Waals surface area contributed by atoms with Crippen LogP contribution in [-0.4, -0.2) is 67.0 Å². The van der Waals surface area contributed by atoms with Gasteiger partial charge in [0.1, 0.15) is 18.3 Å². The van der Waals surface area contributed by atoms with Gasteiger partial charge in [0.15, 0.2) is 12.4 Å². The van der Waals surface area contributed by atoms with Crippen LogP contribution in [0.1, 0.15) is 6.92 Å². The molecule has 1 heterocycles. The minimum Gasteiger partial charge on any atom is -0.457 e. The van der Waals surface area contributed by atoms with E-state index in [0.29, 0.717) is 0 Å².